The first-order chi connectivity index (χ1) is 14.4. The molecule has 0 bridgehead atoms. The Hall–Kier alpha value is -3.06. The van der Waals surface area contributed by atoms with Gasteiger partial charge in [-0.25, -0.2) is 4.79 Å². The minimum absolute atomic E-state index is 0.0203. The van der Waals surface area contributed by atoms with E-state index in [1.807, 2.05) is 4.90 Å². The lowest BCUT2D eigenvalue weighted by Crippen LogP contribution is -2.39. The van der Waals surface area contributed by atoms with Crippen LogP contribution >= 0.6 is 11.6 Å². The fourth-order valence-electron chi connectivity index (χ4n) is 3.47. The first-order valence-corrected chi connectivity index (χ1v) is 10.1. The number of nitrogens with zero attached hydrogens (tertiary/aromatic N) is 1. The molecule has 0 saturated carbocycles. The van der Waals surface area contributed by atoms with Crippen LogP contribution in [0.3, 0.4) is 0 Å². The topological polar surface area (TPSA) is 95.9 Å². The number of nitrogens with one attached hydrogen (secondary N) is 1. The zero-order valence-electron chi connectivity index (χ0n) is 16.6. The molecule has 1 aliphatic heterocycles. The molecule has 1 saturated heterocycles. The molecule has 0 radical (unpaired) electrons. The average molecular weight is 431 g/mol. The van der Waals surface area contributed by atoms with Gasteiger partial charge in [0.05, 0.1) is 23.8 Å². The van der Waals surface area contributed by atoms with Crippen LogP contribution in [0.1, 0.15) is 40.5 Å². The third-order valence-electron chi connectivity index (χ3n) is 4.99. The predicted octanol–water partition coefficient (Wildman–Crippen LogP) is 4.07. The summed E-state index contributed by atoms with van der Waals surface area (Å²) >= 11 is 5.84. The van der Waals surface area contributed by atoms with Gasteiger partial charge in [-0.1, -0.05) is 11.6 Å². The van der Waals surface area contributed by atoms with Crippen molar-refractivity contribution < 1.29 is 24.2 Å². The molecule has 7 nitrogen and oxygen atoms in total. The number of anilines is 2. The van der Waals surface area contributed by atoms with E-state index in [-0.39, 0.29) is 23.1 Å². The maximum absolute atomic E-state index is 12.5. The van der Waals surface area contributed by atoms with Gasteiger partial charge in [-0.15, -0.1) is 0 Å². The smallest absolute Gasteiger partial charge is 0.337 e. The van der Waals surface area contributed by atoms with Crippen LogP contribution < -0.4 is 10.2 Å². The highest BCUT2D eigenvalue weighted by Gasteiger charge is 2.27. The van der Waals surface area contributed by atoms with Gasteiger partial charge in [0.15, 0.2) is 0 Å². The molecule has 0 unspecified atom stereocenters. The maximum atomic E-state index is 12.5. The molecule has 0 spiro atoms. The molecule has 2 aromatic carbocycles. The molecule has 2 N–H and O–H groups in total. The second-order valence-corrected chi connectivity index (χ2v) is 7.47. The molecule has 1 fully saturated rings. The summed E-state index contributed by atoms with van der Waals surface area (Å²) in [6.45, 7) is 3.29. The van der Waals surface area contributed by atoms with Crippen LogP contribution in [-0.2, 0) is 9.53 Å². The van der Waals surface area contributed by atoms with Crippen molar-refractivity contribution in [3.63, 3.8) is 0 Å². The van der Waals surface area contributed by atoms with Crippen molar-refractivity contribution in [1.82, 2.24) is 0 Å². The van der Waals surface area contributed by atoms with Crippen molar-refractivity contribution in [3.8, 4) is 0 Å². The van der Waals surface area contributed by atoms with Crippen molar-refractivity contribution in [2.24, 2.45) is 5.92 Å². The van der Waals surface area contributed by atoms with Crippen molar-refractivity contribution in [3.05, 3.63) is 58.6 Å². The molecule has 1 atom stereocenters. The molecule has 30 heavy (non-hydrogen) atoms. The number of ether oxygens (including phenoxy) is 1. The van der Waals surface area contributed by atoms with Gasteiger partial charge < -0.3 is 20.1 Å². The number of piperidine rings is 1. The molecule has 3 rings (SSSR count). The zero-order chi connectivity index (χ0) is 21.7. The molecule has 0 aromatic heterocycles. The highest BCUT2D eigenvalue weighted by Crippen LogP contribution is 2.28. The summed E-state index contributed by atoms with van der Waals surface area (Å²) in [5.41, 5.74) is 1.23. The van der Waals surface area contributed by atoms with Crippen LogP contribution in [0.15, 0.2) is 42.5 Å². The molecule has 1 amide bonds. The van der Waals surface area contributed by atoms with E-state index in [1.54, 1.807) is 43.3 Å². The first kappa shape index (κ1) is 21.6. The lowest BCUT2D eigenvalue weighted by atomic mass is 9.97. The summed E-state index contributed by atoms with van der Waals surface area (Å²) in [6.07, 6.45) is 1.55. The second kappa shape index (κ2) is 9.63. The van der Waals surface area contributed by atoms with Crippen LogP contribution in [0.25, 0.3) is 0 Å². The highest BCUT2D eigenvalue weighted by atomic mass is 35.5. The number of carbonyl (C=O) groups is 3. The van der Waals surface area contributed by atoms with Gasteiger partial charge >= 0.3 is 11.9 Å². The maximum Gasteiger partial charge on any atom is 0.337 e. The molecular formula is C22H23ClN2O5. The average Bonchev–Trinajstić information content (AvgIpc) is 2.74. The van der Waals surface area contributed by atoms with E-state index in [0.29, 0.717) is 36.0 Å². The van der Waals surface area contributed by atoms with Crippen LogP contribution in [0.2, 0.25) is 5.02 Å². The van der Waals surface area contributed by atoms with E-state index >= 15 is 0 Å². The van der Waals surface area contributed by atoms with E-state index < -0.39 is 11.9 Å². The van der Waals surface area contributed by atoms with Gasteiger partial charge in [0.25, 0.3) is 5.91 Å². The summed E-state index contributed by atoms with van der Waals surface area (Å²) in [6, 6.07) is 11.2. The normalized spacial score (nSPS) is 16.1. The Morgan fingerprint density at radius 2 is 1.93 bits per heavy atom. The lowest BCUT2D eigenvalue weighted by Gasteiger charge is -2.33. The quantitative estimate of drug-likeness (QED) is 0.670. The largest absolute Gasteiger partial charge is 0.478 e. The van der Waals surface area contributed by atoms with Crippen molar-refractivity contribution in [2.45, 2.75) is 19.8 Å². The number of benzene rings is 2. The third-order valence-corrected chi connectivity index (χ3v) is 5.25. The van der Waals surface area contributed by atoms with E-state index in [9.17, 15) is 19.5 Å². The van der Waals surface area contributed by atoms with E-state index in [1.165, 1.54) is 6.07 Å². The Labute approximate surface area is 179 Å². The number of amides is 1. The van der Waals surface area contributed by atoms with Crippen LogP contribution in [0.5, 0.6) is 0 Å². The minimum atomic E-state index is -1.15. The number of hydrogen-bond acceptors (Lipinski definition) is 5. The molecule has 2 aromatic rings. The highest BCUT2D eigenvalue weighted by molar-refractivity contribution is 6.30. The van der Waals surface area contributed by atoms with Crippen molar-refractivity contribution >= 4 is 40.8 Å². The van der Waals surface area contributed by atoms with Gasteiger partial charge in [-0.3, -0.25) is 9.59 Å². The number of aromatic carboxylic acids is 1. The van der Waals surface area contributed by atoms with Gasteiger partial charge in [0, 0.05) is 29.4 Å². The number of hydrogen-bond donors (Lipinski definition) is 2. The number of esters is 1. The SMILES string of the molecule is CCOC(=O)[C@H]1CCCN(c2ccc(NC(=O)c3ccc(Cl)cc3)c(C(=O)O)c2)C1. The number of carboxylic acid groups (broad SMARTS) is 1. The number of carboxylic acids is 1. The summed E-state index contributed by atoms with van der Waals surface area (Å²) in [4.78, 5) is 38.3. The Morgan fingerprint density at radius 3 is 2.60 bits per heavy atom. The van der Waals surface area contributed by atoms with Crippen LogP contribution in [-0.4, -0.2) is 42.6 Å². The Bertz CT molecular complexity index is 945. The predicted molar refractivity (Wildman–Crippen MR) is 114 cm³/mol. The van der Waals surface area contributed by atoms with Gasteiger partial charge in [-0.2, -0.15) is 0 Å². The number of halogens is 1. The molecule has 0 aliphatic carbocycles. The third kappa shape index (κ3) is 5.10. The standard InChI is InChI=1S/C22H23ClN2O5/c1-2-30-22(29)15-4-3-11-25(13-15)17-9-10-19(18(12-17)21(27)28)24-20(26)14-5-7-16(23)8-6-14/h5-10,12,15H,2-4,11,13H2,1H3,(H,24,26)(H,27,28)/t15-/m0/s1. The van der Waals surface area contributed by atoms with Crippen molar-refractivity contribution in [1.29, 1.82) is 0 Å². The Morgan fingerprint density at radius 1 is 1.20 bits per heavy atom. The molecule has 1 aliphatic rings. The zero-order valence-corrected chi connectivity index (χ0v) is 17.3. The molecule has 158 valence electrons. The number of rotatable bonds is 6. The first-order valence-electron chi connectivity index (χ1n) is 9.75. The van der Waals surface area contributed by atoms with Gasteiger partial charge in [0.1, 0.15) is 0 Å². The number of carbonyl (C=O) groups excluding carboxylic acids is 2. The lowest BCUT2D eigenvalue weighted by molar-refractivity contribution is -0.148. The minimum Gasteiger partial charge on any atom is -0.478 e. The van der Waals surface area contributed by atoms with Crippen LogP contribution in [0, 0.1) is 5.92 Å². The summed E-state index contributed by atoms with van der Waals surface area (Å²) in [7, 11) is 0. The van der Waals surface area contributed by atoms with Gasteiger partial charge in [0.2, 0.25) is 0 Å². The summed E-state index contributed by atoms with van der Waals surface area (Å²) < 4.78 is 5.12. The van der Waals surface area contributed by atoms with E-state index in [2.05, 4.69) is 5.32 Å². The molecule has 8 heteroatoms. The van der Waals surface area contributed by atoms with Gasteiger partial charge in [-0.05, 0) is 62.2 Å². The molecular weight excluding hydrogens is 408 g/mol. The van der Waals surface area contributed by atoms with Crippen LogP contribution in [0.4, 0.5) is 11.4 Å². The van der Waals surface area contributed by atoms with E-state index in [4.69, 9.17) is 16.3 Å². The summed E-state index contributed by atoms with van der Waals surface area (Å²) in [5, 5.41) is 12.8. The van der Waals surface area contributed by atoms with Crippen molar-refractivity contribution in [2.75, 3.05) is 29.9 Å². The fraction of sp³-hybridized carbons (Fsp3) is 0.318. The fourth-order valence-corrected chi connectivity index (χ4v) is 3.60. The Kier molecular flexibility index (Phi) is 6.95. The Balaban J connectivity index is 1.79. The monoisotopic (exact) mass is 430 g/mol. The summed E-state index contributed by atoms with van der Waals surface area (Å²) in [5.74, 6) is -2.05. The second-order valence-electron chi connectivity index (χ2n) is 7.03. The molecule has 1 heterocycles. The van der Waals surface area contributed by atoms with E-state index in [0.717, 1.165) is 12.8 Å².